The summed E-state index contributed by atoms with van der Waals surface area (Å²) >= 11 is 7.12. The van der Waals surface area contributed by atoms with Crippen molar-refractivity contribution in [3.05, 3.63) is 89.1 Å². The number of hydrogen-bond donors (Lipinski definition) is 1. The number of aryl methyl sites for hydroxylation is 1. The largest absolute Gasteiger partial charge is 0.478 e. The van der Waals surface area contributed by atoms with Crippen molar-refractivity contribution in [2.45, 2.75) is 48.3 Å². The molecule has 5 rings (SSSR count). The smallest absolute Gasteiger partial charge is 0.335 e. The highest BCUT2D eigenvalue weighted by Crippen LogP contribution is 2.34. The molecular formula is C28H29N3O3S2. The molecule has 0 radical (unpaired) electrons. The average molecular weight is 520 g/mol. The third kappa shape index (κ3) is 5.56. The first kappa shape index (κ1) is 24.7. The van der Waals surface area contributed by atoms with Crippen LogP contribution in [0.2, 0.25) is 0 Å². The molecule has 1 atom stereocenters. The minimum Gasteiger partial charge on any atom is -0.478 e. The normalized spacial score (nSPS) is 18.9. The zero-order chi connectivity index (χ0) is 25.1. The van der Waals surface area contributed by atoms with Crippen molar-refractivity contribution in [1.29, 1.82) is 0 Å². The fourth-order valence-electron chi connectivity index (χ4n) is 4.94. The summed E-state index contributed by atoms with van der Waals surface area (Å²) in [5.74, 6) is -0.915. The number of carboxylic acids is 1. The van der Waals surface area contributed by atoms with Crippen molar-refractivity contribution < 1.29 is 14.6 Å². The molecule has 0 unspecified atom stereocenters. The number of benzene rings is 2. The van der Waals surface area contributed by atoms with Gasteiger partial charge in [-0.1, -0.05) is 48.2 Å². The molecule has 0 aliphatic carbocycles. The van der Waals surface area contributed by atoms with Gasteiger partial charge in [0.25, 0.3) is 5.17 Å². The van der Waals surface area contributed by atoms with Gasteiger partial charge < -0.3 is 14.7 Å². The second-order valence-electron chi connectivity index (χ2n) is 9.24. The average Bonchev–Trinajstić information content (AvgIpc) is 3.28. The highest BCUT2D eigenvalue weighted by atomic mass is 32.2. The summed E-state index contributed by atoms with van der Waals surface area (Å²) in [5, 5.41) is 10.6. The molecule has 2 aliphatic heterocycles. The van der Waals surface area contributed by atoms with Gasteiger partial charge in [-0.2, -0.15) is 0 Å². The zero-order valence-corrected chi connectivity index (χ0v) is 21.8. The summed E-state index contributed by atoms with van der Waals surface area (Å²) < 4.78 is 5.80. The molecule has 0 spiro atoms. The molecule has 2 aromatic carbocycles. The third-order valence-corrected chi connectivity index (χ3v) is 8.21. The van der Waals surface area contributed by atoms with Gasteiger partial charge in [0, 0.05) is 36.3 Å². The summed E-state index contributed by atoms with van der Waals surface area (Å²) in [6, 6.07) is 22.2. The number of piperidine rings is 1. The quantitative estimate of drug-likeness (QED) is 0.407. The molecule has 3 heterocycles. The van der Waals surface area contributed by atoms with E-state index in [1.165, 1.54) is 11.1 Å². The number of aromatic carboxylic acids is 1. The van der Waals surface area contributed by atoms with Crippen LogP contribution >= 0.6 is 24.0 Å². The molecule has 186 valence electrons. The number of carbonyl (C=O) groups is 1. The lowest BCUT2D eigenvalue weighted by atomic mass is 9.99. The first-order valence-electron chi connectivity index (χ1n) is 12.2. The van der Waals surface area contributed by atoms with Crippen LogP contribution in [0.5, 0.6) is 0 Å². The van der Waals surface area contributed by atoms with Crippen molar-refractivity contribution >= 4 is 35.1 Å². The van der Waals surface area contributed by atoms with Gasteiger partial charge >= 0.3 is 5.97 Å². The summed E-state index contributed by atoms with van der Waals surface area (Å²) in [5.41, 5.74) is 3.82. The van der Waals surface area contributed by atoms with Gasteiger partial charge in [-0.05, 0) is 73.4 Å². The molecule has 6 nitrogen and oxygen atoms in total. The van der Waals surface area contributed by atoms with Gasteiger partial charge in [0.05, 0.1) is 11.6 Å². The van der Waals surface area contributed by atoms with E-state index < -0.39 is 5.97 Å². The minimum atomic E-state index is -0.915. The fourth-order valence-corrected chi connectivity index (χ4v) is 6.12. The van der Waals surface area contributed by atoms with E-state index in [-0.39, 0.29) is 11.6 Å². The van der Waals surface area contributed by atoms with Crippen molar-refractivity contribution in [2.24, 2.45) is 0 Å². The number of rotatable bonds is 7. The predicted molar refractivity (Wildman–Crippen MR) is 144 cm³/mol. The van der Waals surface area contributed by atoms with Crippen LogP contribution in [0.3, 0.4) is 0 Å². The van der Waals surface area contributed by atoms with E-state index in [2.05, 4.69) is 53.1 Å². The monoisotopic (exact) mass is 519 g/mol. The Morgan fingerprint density at radius 3 is 2.47 bits per heavy atom. The Morgan fingerprint density at radius 2 is 1.81 bits per heavy atom. The Bertz CT molecular complexity index is 1230. The van der Waals surface area contributed by atoms with E-state index in [0.717, 1.165) is 48.1 Å². The number of hydrogen-bond acceptors (Lipinski definition) is 6. The van der Waals surface area contributed by atoms with Crippen molar-refractivity contribution in [3.63, 3.8) is 0 Å². The van der Waals surface area contributed by atoms with Crippen LogP contribution in [-0.2, 0) is 11.3 Å². The van der Waals surface area contributed by atoms with Gasteiger partial charge in [0.2, 0.25) is 0 Å². The zero-order valence-electron chi connectivity index (χ0n) is 20.2. The Hall–Kier alpha value is -2.94. The number of nitrogens with zero attached hydrogens (tertiary/aromatic N) is 3. The first-order valence-corrected chi connectivity index (χ1v) is 13.4. The van der Waals surface area contributed by atoms with Crippen LogP contribution in [0.15, 0.2) is 76.7 Å². The molecular weight excluding hydrogens is 490 g/mol. The molecule has 36 heavy (non-hydrogen) atoms. The number of ether oxygens (including phenoxy) is 1. The maximum Gasteiger partial charge on any atom is 0.335 e. The van der Waals surface area contributed by atoms with Crippen LogP contribution in [0, 0.1) is 6.92 Å². The van der Waals surface area contributed by atoms with Gasteiger partial charge in [-0.15, -0.1) is 0 Å². The predicted octanol–water partition coefficient (Wildman–Crippen LogP) is 5.56. The summed E-state index contributed by atoms with van der Waals surface area (Å²) in [7, 11) is 0. The molecule has 0 amide bonds. The fraction of sp³-hybridized carbons (Fsp3) is 0.321. The lowest BCUT2D eigenvalue weighted by Gasteiger charge is -2.39. The third-order valence-electron chi connectivity index (χ3n) is 6.93. The van der Waals surface area contributed by atoms with Gasteiger partial charge in [-0.3, -0.25) is 4.90 Å². The van der Waals surface area contributed by atoms with Gasteiger partial charge in [0.15, 0.2) is 0 Å². The van der Waals surface area contributed by atoms with E-state index in [1.807, 2.05) is 18.2 Å². The molecule has 1 N–H and O–H groups in total. The van der Waals surface area contributed by atoms with Gasteiger partial charge in [0.1, 0.15) is 11.6 Å². The lowest BCUT2D eigenvalue weighted by Crippen LogP contribution is -2.45. The highest BCUT2D eigenvalue weighted by molar-refractivity contribution is 7.99. The molecule has 8 heteroatoms. The van der Waals surface area contributed by atoms with Crippen LogP contribution in [0.4, 0.5) is 0 Å². The van der Waals surface area contributed by atoms with Gasteiger partial charge in [-0.25, -0.2) is 9.78 Å². The number of aromatic nitrogens is 1. The maximum absolute atomic E-state index is 11.1. The molecule has 2 saturated heterocycles. The van der Waals surface area contributed by atoms with Crippen LogP contribution in [0.25, 0.3) is 0 Å². The second kappa shape index (κ2) is 11.0. The number of likely N-dealkylation sites (tertiary alicyclic amines) is 1. The minimum absolute atomic E-state index is 0.201. The number of carboxylic acid groups (broad SMARTS) is 1. The standard InChI is InChI=1S/C28H29N3O3S2/c1-19-22(9-12-26(29-19)36-24-10-7-21(8-11-24)27(32)33)17-30-15-13-23(14-16-30)31-25(18-34-28(31)35)20-5-3-2-4-6-20/h2-12,23,25H,13-18H2,1H3,(H,32,33)/t25-/m0/s1. The summed E-state index contributed by atoms with van der Waals surface area (Å²) in [4.78, 5) is 21.6. The molecule has 1 aromatic heterocycles. The van der Waals surface area contributed by atoms with E-state index >= 15 is 0 Å². The first-order chi connectivity index (χ1) is 17.5. The Balaban J connectivity index is 1.17. The maximum atomic E-state index is 11.1. The molecule has 3 aromatic rings. The topological polar surface area (TPSA) is 65.9 Å². The highest BCUT2D eigenvalue weighted by Gasteiger charge is 2.37. The summed E-state index contributed by atoms with van der Waals surface area (Å²) in [6.07, 6.45) is 2.11. The molecule has 2 aliphatic rings. The van der Waals surface area contributed by atoms with Crippen molar-refractivity contribution in [1.82, 2.24) is 14.8 Å². The second-order valence-corrected chi connectivity index (χ2v) is 10.7. The van der Waals surface area contributed by atoms with Crippen LogP contribution < -0.4 is 0 Å². The van der Waals surface area contributed by atoms with E-state index in [1.54, 1.807) is 23.9 Å². The number of thiocarbonyl (C=S) groups is 1. The Kier molecular flexibility index (Phi) is 7.55. The lowest BCUT2D eigenvalue weighted by molar-refractivity contribution is 0.0697. The van der Waals surface area contributed by atoms with Crippen molar-refractivity contribution in [3.8, 4) is 0 Å². The molecule has 0 bridgehead atoms. The van der Waals surface area contributed by atoms with Crippen molar-refractivity contribution in [2.75, 3.05) is 19.7 Å². The van der Waals surface area contributed by atoms with E-state index in [4.69, 9.17) is 27.0 Å². The molecule has 2 fully saturated rings. The Morgan fingerprint density at radius 1 is 1.08 bits per heavy atom. The number of pyridine rings is 1. The van der Waals surface area contributed by atoms with Crippen LogP contribution in [-0.4, -0.2) is 56.8 Å². The Labute approximate surface area is 221 Å². The van der Waals surface area contributed by atoms with Crippen LogP contribution in [0.1, 0.15) is 46.1 Å². The SMILES string of the molecule is Cc1nc(Sc2ccc(C(=O)O)cc2)ccc1CN1CCC(N2C(=S)OC[C@H]2c2ccccc2)CC1. The van der Waals surface area contributed by atoms with E-state index in [9.17, 15) is 4.79 Å². The van der Waals surface area contributed by atoms with E-state index in [0.29, 0.717) is 17.8 Å². The molecule has 0 saturated carbocycles. The summed E-state index contributed by atoms with van der Waals surface area (Å²) in [6.45, 7) is 5.59.